The third-order valence-corrected chi connectivity index (χ3v) is 3.36. The maximum atomic E-state index is 13.8. The Labute approximate surface area is 145 Å². The fraction of sp³-hybridized carbons (Fsp3) is 0.333. The molecule has 6 nitrogen and oxygen atoms in total. The summed E-state index contributed by atoms with van der Waals surface area (Å²) in [5, 5.41) is 16.6. The molecule has 1 aromatic heterocycles. The summed E-state index contributed by atoms with van der Waals surface area (Å²) in [6.07, 6.45) is 3.09. The highest BCUT2D eigenvalue weighted by Gasteiger charge is 2.11. The number of aliphatic carboxylic acids is 2. The van der Waals surface area contributed by atoms with Crippen molar-refractivity contribution < 1.29 is 24.2 Å². The third kappa shape index (κ3) is 6.39. The largest absolute Gasteiger partial charge is 0.478 e. The first kappa shape index (κ1) is 20.4. The van der Waals surface area contributed by atoms with Crippen LogP contribution < -0.4 is 5.73 Å². The quantitative estimate of drug-likeness (QED) is 0.719. The fourth-order valence-corrected chi connectivity index (χ4v) is 2.28. The van der Waals surface area contributed by atoms with E-state index in [-0.39, 0.29) is 17.8 Å². The third-order valence-electron chi connectivity index (χ3n) is 3.36. The van der Waals surface area contributed by atoms with E-state index in [1.54, 1.807) is 6.07 Å². The summed E-state index contributed by atoms with van der Waals surface area (Å²) >= 11 is 0. The Morgan fingerprint density at radius 1 is 1.20 bits per heavy atom. The van der Waals surface area contributed by atoms with Crippen molar-refractivity contribution in [1.82, 2.24) is 4.57 Å². The van der Waals surface area contributed by atoms with E-state index in [1.165, 1.54) is 0 Å². The maximum Gasteiger partial charge on any atom is 0.328 e. The number of halogens is 1. The summed E-state index contributed by atoms with van der Waals surface area (Å²) < 4.78 is 15.9. The first-order valence-corrected chi connectivity index (χ1v) is 7.79. The van der Waals surface area contributed by atoms with Crippen LogP contribution in [0.5, 0.6) is 0 Å². The molecule has 25 heavy (non-hydrogen) atoms. The van der Waals surface area contributed by atoms with E-state index in [9.17, 15) is 14.0 Å². The van der Waals surface area contributed by atoms with Crippen LogP contribution >= 0.6 is 0 Å². The minimum Gasteiger partial charge on any atom is -0.478 e. The van der Waals surface area contributed by atoms with Gasteiger partial charge in [0.25, 0.3) is 0 Å². The molecule has 0 radical (unpaired) electrons. The van der Waals surface area contributed by atoms with Crippen LogP contribution in [0.15, 0.2) is 36.5 Å². The smallest absolute Gasteiger partial charge is 0.328 e. The van der Waals surface area contributed by atoms with E-state index in [2.05, 4.69) is 4.57 Å². The lowest BCUT2D eigenvalue weighted by Gasteiger charge is -2.11. The summed E-state index contributed by atoms with van der Waals surface area (Å²) in [7, 11) is 0. The van der Waals surface area contributed by atoms with Crippen molar-refractivity contribution in [1.29, 1.82) is 0 Å². The van der Waals surface area contributed by atoms with E-state index in [0.29, 0.717) is 12.2 Å². The van der Waals surface area contributed by atoms with Gasteiger partial charge in [-0.25, -0.2) is 14.0 Å². The van der Waals surface area contributed by atoms with E-state index < -0.39 is 11.9 Å². The summed E-state index contributed by atoms with van der Waals surface area (Å²) in [6.45, 7) is 6.73. The van der Waals surface area contributed by atoms with Crippen molar-refractivity contribution in [3.63, 3.8) is 0 Å². The van der Waals surface area contributed by atoms with Gasteiger partial charge in [0, 0.05) is 41.8 Å². The monoisotopic (exact) mass is 350 g/mol. The zero-order chi connectivity index (χ0) is 19.1. The average Bonchev–Trinajstić information content (AvgIpc) is 2.86. The molecule has 0 unspecified atom stereocenters. The molecule has 0 spiro atoms. The predicted molar refractivity (Wildman–Crippen MR) is 94.0 cm³/mol. The van der Waals surface area contributed by atoms with E-state index in [4.69, 9.17) is 15.9 Å². The molecule has 2 aromatic rings. The van der Waals surface area contributed by atoms with Crippen molar-refractivity contribution in [3.8, 4) is 0 Å². The highest BCUT2D eigenvalue weighted by atomic mass is 19.1. The van der Waals surface area contributed by atoms with Crippen LogP contribution in [0, 0.1) is 5.82 Å². The van der Waals surface area contributed by atoms with Crippen LogP contribution in [0.2, 0.25) is 0 Å². The SMILES string of the molecule is CC(C)c1cc2c(ccn2C[C@H](C)N)cc1F.O=C(O)/C=C/C(=O)O. The standard InChI is InChI=1S/C14H19FN2.C4H4O4/c1-9(2)12-7-14-11(6-13(12)15)4-5-17(14)8-10(3)16;5-3(6)1-2-4(7)8/h4-7,9-10H,8,16H2,1-3H3;1-2H,(H,5,6)(H,7,8)/b;2-1+/t10-;/m0./s1. The minimum absolute atomic E-state index is 0.0955. The van der Waals surface area contributed by atoms with Crippen LogP contribution in [-0.2, 0) is 16.1 Å². The molecule has 0 aliphatic carbocycles. The molecule has 2 rings (SSSR count). The summed E-state index contributed by atoms with van der Waals surface area (Å²) in [6, 6.07) is 5.59. The molecule has 1 atom stereocenters. The zero-order valence-corrected chi connectivity index (χ0v) is 14.4. The van der Waals surface area contributed by atoms with Gasteiger partial charge in [-0.05, 0) is 36.6 Å². The van der Waals surface area contributed by atoms with Crippen LogP contribution in [-0.4, -0.2) is 32.8 Å². The van der Waals surface area contributed by atoms with Crippen molar-refractivity contribution in [3.05, 3.63) is 47.9 Å². The zero-order valence-electron chi connectivity index (χ0n) is 14.4. The van der Waals surface area contributed by atoms with Crippen LogP contribution in [0.25, 0.3) is 10.9 Å². The molecule has 136 valence electrons. The van der Waals surface area contributed by atoms with Crippen LogP contribution in [0.1, 0.15) is 32.3 Å². The summed E-state index contributed by atoms with van der Waals surface area (Å²) in [5.41, 5.74) is 7.64. The lowest BCUT2D eigenvalue weighted by molar-refractivity contribution is -0.134. The molecule has 0 aliphatic heterocycles. The first-order valence-electron chi connectivity index (χ1n) is 7.79. The number of fused-ring (bicyclic) bond motifs is 1. The number of carbonyl (C=O) groups is 2. The summed E-state index contributed by atoms with van der Waals surface area (Å²) in [4.78, 5) is 19.1. The van der Waals surface area contributed by atoms with Gasteiger partial charge in [0.2, 0.25) is 0 Å². The minimum atomic E-state index is -1.26. The molecule has 1 aromatic carbocycles. The Morgan fingerprint density at radius 3 is 2.20 bits per heavy atom. The molecule has 0 saturated carbocycles. The molecule has 1 heterocycles. The normalized spacial score (nSPS) is 12.2. The molecule has 4 N–H and O–H groups in total. The van der Waals surface area contributed by atoms with E-state index >= 15 is 0 Å². The van der Waals surface area contributed by atoms with E-state index in [1.807, 2.05) is 39.1 Å². The fourth-order valence-electron chi connectivity index (χ4n) is 2.28. The highest BCUT2D eigenvalue weighted by molar-refractivity contribution is 5.89. The lowest BCUT2D eigenvalue weighted by atomic mass is 10.0. The number of hydrogen-bond acceptors (Lipinski definition) is 3. The number of carboxylic acids is 2. The van der Waals surface area contributed by atoms with Gasteiger partial charge in [0.05, 0.1) is 0 Å². The second kappa shape index (κ2) is 8.98. The average molecular weight is 350 g/mol. The van der Waals surface area contributed by atoms with Crippen LogP contribution in [0.4, 0.5) is 4.39 Å². The number of benzene rings is 1. The highest BCUT2D eigenvalue weighted by Crippen LogP contribution is 2.25. The molecular weight excluding hydrogens is 327 g/mol. The lowest BCUT2D eigenvalue weighted by Crippen LogP contribution is -2.21. The first-order chi connectivity index (χ1) is 11.6. The number of nitrogens with zero attached hydrogens (tertiary/aromatic N) is 1. The summed E-state index contributed by atoms with van der Waals surface area (Å²) in [5.74, 6) is -2.44. The van der Waals surface area contributed by atoms with Crippen LogP contribution in [0.3, 0.4) is 0 Å². The predicted octanol–water partition coefficient (Wildman–Crippen LogP) is 2.96. The number of hydrogen-bond donors (Lipinski definition) is 3. The number of aromatic nitrogens is 1. The van der Waals surface area contributed by atoms with Gasteiger partial charge in [-0.2, -0.15) is 0 Å². The second-order valence-electron chi connectivity index (χ2n) is 6.04. The van der Waals surface area contributed by atoms with Gasteiger partial charge < -0.3 is 20.5 Å². The molecule has 7 heteroatoms. The van der Waals surface area contributed by atoms with Gasteiger partial charge >= 0.3 is 11.9 Å². The van der Waals surface area contributed by atoms with Crippen molar-refractivity contribution >= 4 is 22.8 Å². The van der Waals surface area contributed by atoms with Crippen molar-refractivity contribution in [2.24, 2.45) is 5.73 Å². The maximum absolute atomic E-state index is 13.8. The van der Waals surface area contributed by atoms with Gasteiger partial charge in [-0.15, -0.1) is 0 Å². The number of carboxylic acid groups (broad SMARTS) is 2. The van der Waals surface area contributed by atoms with Gasteiger partial charge in [0.1, 0.15) is 5.82 Å². The molecule has 0 aliphatic rings. The van der Waals surface area contributed by atoms with Crippen molar-refractivity contribution in [2.45, 2.75) is 39.3 Å². The Hall–Kier alpha value is -2.67. The Bertz CT molecular complexity index is 763. The Kier molecular flexibility index (Phi) is 7.32. The molecule has 0 amide bonds. The van der Waals surface area contributed by atoms with Gasteiger partial charge in [-0.1, -0.05) is 13.8 Å². The molecule has 0 bridgehead atoms. The van der Waals surface area contributed by atoms with Gasteiger partial charge in [0.15, 0.2) is 0 Å². The number of rotatable bonds is 5. The molecular formula is C18H23FN2O4. The topological polar surface area (TPSA) is 106 Å². The second-order valence-corrected chi connectivity index (χ2v) is 6.04. The number of nitrogens with two attached hydrogens (primary N) is 1. The Balaban J connectivity index is 0.000000333. The van der Waals surface area contributed by atoms with Gasteiger partial charge in [-0.3, -0.25) is 0 Å². The molecule has 0 saturated heterocycles. The van der Waals surface area contributed by atoms with E-state index in [0.717, 1.165) is 23.0 Å². The van der Waals surface area contributed by atoms with Crippen molar-refractivity contribution in [2.75, 3.05) is 0 Å². The Morgan fingerprint density at radius 2 is 1.76 bits per heavy atom. The molecule has 0 fully saturated rings.